The number of nitrogens with one attached hydrogen (secondary N) is 2. The summed E-state index contributed by atoms with van der Waals surface area (Å²) in [6.07, 6.45) is 5.57. The molecule has 6 nitrogen and oxygen atoms in total. The first-order valence-electron chi connectivity index (χ1n) is 15.9. The minimum absolute atomic E-state index is 0.122. The molecule has 1 saturated carbocycles. The molecule has 2 aromatic rings. The first-order chi connectivity index (χ1) is 20.3. The zero-order valence-corrected chi connectivity index (χ0v) is 25.5. The van der Waals surface area contributed by atoms with Crippen LogP contribution < -0.4 is 10.6 Å². The van der Waals surface area contributed by atoms with E-state index in [0.717, 1.165) is 64.3 Å². The molecule has 0 bridgehead atoms. The summed E-state index contributed by atoms with van der Waals surface area (Å²) in [5.41, 5.74) is 2.68. The zero-order valence-electron chi connectivity index (χ0n) is 25.5. The second kappa shape index (κ2) is 15.4. The smallest absolute Gasteiger partial charge is 0.237 e. The number of benzene rings is 2. The molecule has 0 spiro atoms. The van der Waals surface area contributed by atoms with Crippen LogP contribution in [0.25, 0.3) is 0 Å². The Kier molecular flexibility index (Phi) is 11.9. The number of aliphatic hydroxyl groups is 1. The number of amides is 1. The van der Waals surface area contributed by atoms with Crippen LogP contribution in [0.5, 0.6) is 0 Å². The van der Waals surface area contributed by atoms with Gasteiger partial charge in [0.2, 0.25) is 5.91 Å². The van der Waals surface area contributed by atoms with Crippen LogP contribution in [-0.4, -0.2) is 66.9 Å². The first kappa shape index (κ1) is 32.5. The van der Waals surface area contributed by atoms with Gasteiger partial charge in [0.1, 0.15) is 11.6 Å². The van der Waals surface area contributed by atoms with E-state index in [-0.39, 0.29) is 30.5 Å². The summed E-state index contributed by atoms with van der Waals surface area (Å²) < 4.78 is 33.8. The molecule has 2 aromatic carbocycles. The predicted octanol–water partition coefficient (Wildman–Crippen LogP) is 5.11. The highest BCUT2D eigenvalue weighted by atomic mass is 19.1. The summed E-state index contributed by atoms with van der Waals surface area (Å²) in [6, 6.07) is 10.9. The number of aryl methyl sites for hydroxylation is 1. The molecule has 42 heavy (non-hydrogen) atoms. The molecule has 2 fully saturated rings. The molecule has 2 aliphatic rings. The molecular weight excluding hydrogens is 536 g/mol. The lowest BCUT2D eigenvalue weighted by atomic mass is 9.94. The standard InChI is InChI=1S/C34H49F2N3O3/c1-4-8-31(39-15-11-25(12-16-39)23-42-6-3)33(41)38-30(20-26-18-28(35)21-29(36)19-26)32(40)22-37-34(13-14-34)27-10-7-9-24(5-2)17-27/h7,9-10,17-19,21,25,30-32,37,40H,4-6,8,11-16,20,22-23H2,1-3H3,(H,38,41)/t30-,31-,32-/m0/s1. The quantitative estimate of drug-likeness (QED) is 0.255. The normalized spacial score (nSPS) is 19.3. The van der Waals surface area contributed by atoms with Crippen LogP contribution in [0.3, 0.4) is 0 Å². The minimum atomic E-state index is -0.952. The number of hydrogen-bond acceptors (Lipinski definition) is 5. The van der Waals surface area contributed by atoms with Gasteiger partial charge in [-0.2, -0.15) is 0 Å². The third kappa shape index (κ3) is 8.82. The number of nitrogens with zero attached hydrogens (tertiary/aromatic N) is 1. The maximum Gasteiger partial charge on any atom is 0.237 e. The Hall–Kier alpha value is -2.39. The van der Waals surface area contributed by atoms with Crippen molar-refractivity contribution in [1.29, 1.82) is 0 Å². The molecule has 1 aliphatic carbocycles. The van der Waals surface area contributed by atoms with Gasteiger partial charge in [-0.1, -0.05) is 44.5 Å². The Morgan fingerprint density at radius 2 is 1.79 bits per heavy atom. The predicted molar refractivity (Wildman–Crippen MR) is 162 cm³/mol. The SMILES string of the molecule is CCC[C@@H](C(=O)N[C@@H](Cc1cc(F)cc(F)c1)[C@@H](O)CNC1(c2cccc(CC)c2)CC1)N1CCC(COCC)CC1. The minimum Gasteiger partial charge on any atom is -0.390 e. The molecule has 8 heteroatoms. The summed E-state index contributed by atoms with van der Waals surface area (Å²) in [4.78, 5) is 16.0. The lowest BCUT2D eigenvalue weighted by Gasteiger charge is -2.38. The van der Waals surface area contributed by atoms with Gasteiger partial charge in [-0.05, 0) is 99.7 Å². The highest BCUT2D eigenvalue weighted by Gasteiger charge is 2.44. The Morgan fingerprint density at radius 3 is 2.40 bits per heavy atom. The largest absolute Gasteiger partial charge is 0.390 e. The molecular formula is C34H49F2N3O3. The number of likely N-dealkylation sites (tertiary alicyclic amines) is 1. The third-order valence-electron chi connectivity index (χ3n) is 8.97. The van der Waals surface area contributed by atoms with Gasteiger partial charge in [0.25, 0.3) is 0 Å². The summed E-state index contributed by atoms with van der Waals surface area (Å²) in [6.45, 7) is 9.55. The number of carbonyl (C=O) groups excluding carboxylic acids is 1. The monoisotopic (exact) mass is 585 g/mol. The van der Waals surface area contributed by atoms with E-state index in [1.165, 1.54) is 23.3 Å². The van der Waals surface area contributed by atoms with Crippen molar-refractivity contribution in [3.63, 3.8) is 0 Å². The van der Waals surface area contributed by atoms with Crippen LogP contribution in [0.1, 0.15) is 76.0 Å². The van der Waals surface area contributed by atoms with Gasteiger partial charge in [0.15, 0.2) is 0 Å². The van der Waals surface area contributed by atoms with Crippen LogP contribution in [0.15, 0.2) is 42.5 Å². The lowest BCUT2D eigenvalue weighted by Crippen LogP contribution is -2.56. The van der Waals surface area contributed by atoms with E-state index in [2.05, 4.69) is 53.6 Å². The summed E-state index contributed by atoms with van der Waals surface area (Å²) in [7, 11) is 0. The Labute approximate surface area is 250 Å². The van der Waals surface area contributed by atoms with Crippen LogP contribution in [0.4, 0.5) is 8.78 Å². The molecule has 3 N–H and O–H groups in total. The van der Waals surface area contributed by atoms with Gasteiger partial charge in [0.05, 0.1) is 18.2 Å². The molecule has 4 rings (SSSR count). The highest BCUT2D eigenvalue weighted by molar-refractivity contribution is 5.82. The van der Waals surface area contributed by atoms with Crippen molar-refractivity contribution in [3.05, 3.63) is 70.8 Å². The second-order valence-corrected chi connectivity index (χ2v) is 12.1. The second-order valence-electron chi connectivity index (χ2n) is 12.1. The fourth-order valence-corrected chi connectivity index (χ4v) is 6.24. The Balaban J connectivity index is 1.46. The van der Waals surface area contributed by atoms with Gasteiger partial charge in [-0.3, -0.25) is 9.69 Å². The molecule has 0 radical (unpaired) electrons. The average Bonchev–Trinajstić information content (AvgIpc) is 3.78. The average molecular weight is 586 g/mol. The van der Waals surface area contributed by atoms with Crippen molar-refractivity contribution in [2.75, 3.05) is 32.8 Å². The van der Waals surface area contributed by atoms with Crippen molar-refractivity contribution < 1.29 is 23.4 Å². The van der Waals surface area contributed by atoms with Crippen LogP contribution in [-0.2, 0) is 27.9 Å². The molecule has 232 valence electrons. The number of carbonyl (C=O) groups is 1. The maximum atomic E-state index is 14.1. The van der Waals surface area contributed by atoms with E-state index in [1.54, 1.807) is 0 Å². The number of rotatable bonds is 16. The van der Waals surface area contributed by atoms with Crippen molar-refractivity contribution in [2.24, 2.45) is 5.92 Å². The van der Waals surface area contributed by atoms with Gasteiger partial charge in [-0.25, -0.2) is 8.78 Å². The lowest BCUT2D eigenvalue weighted by molar-refractivity contribution is -0.129. The van der Waals surface area contributed by atoms with E-state index in [4.69, 9.17) is 4.74 Å². The van der Waals surface area contributed by atoms with E-state index >= 15 is 0 Å². The highest BCUT2D eigenvalue weighted by Crippen LogP contribution is 2.45. The van der Waals surface area contributed by atoms with Gasteiger partial charge in [-0.15, -0.1) is 0 Å². The molecule has 1 saturated heterocycles. The van der Waals surface area contributed by atoms with E-state index in [0.29, 0.717) is 24.5 Å². The number of halogens is 2. The van der Waals surface area contributed by atoms with Crippen LogP contribution in [0, 0.1) is 17.6 Å². The van der Waals surface area contributed by atoms with Crippen molar-refractivity contribution in [3.8, 4) is 0 Å². The fourth-order valence-electron chi connectivity index (χ4n) is 6.24. The van der Waals surface area contributed by atoms with Crippen molar-refractivity contribution in [2.45, 2.75) is 95.9 Å². The Bertz CT molecular complexity index is 1130. The molecule has 1 heterocycles. The topological polar surface area (TPSA) is 73.8 Å². The number of aliphatic hydroxyl groups excluding tert-OH is 1. The summed E-state index contributed by atoms with van der Waals surface area (Å²) in [5.74, 6) is -0.982. The third-order valence-corrected chi connectivity index (χ3v) is 8.97. The van der Waals surface area contributed by atoms with Crippen molar-refractivity contribution >= 4 is 5.91 Å². The zero-order chi connectivity index (χ0) is 30.1. The summed E-state index contributed by atoms with van der Waals surface area (Å²) in [5, 5.41) is 18.1. The molecule has 0 aromatic heterocycles. The van der Waals surface area contributed by atoms with E-state index in [9.17, 15) is 18.7 Å². The molecule has 1 aliphatic heterocycles. The molecule has 3 atom stereocenters. The molecule has 1 amide bonds. The van der Waals surface area contributed by atoms with Crippen LogP contribution in [0.2, 0.25) is 0 Å². The summed E-state index contributed by atoms with van der Waals surface area (Å²) >= 11 is 0. The fraction of sp³-hybridized carbons (Fsp3) is 0.618. The van der Waals surface area contributed by atoms with Gasteiger partial charge in [0, 0.05) is 31.4 Å². The number of ether oxygens (including phenoxy) is 1. The van der Waals surface area contributed by atoms with Crippen molar-refractivity contribution in [1.82, 2.24) is 15.5 Å². The van der Waals surface area contributed by atoms with E-state index < -0.39 is 23.8 Å². The molecule has 0 unspecified atom stereocenters. The van der Waals surface area contributed by atoms with Gasteiger partial charge >= 0.3 is 0 Å². The first-order valence-corrected chi connectivity index (χ1v) is 15.9. The van der Waals surface area contributed by atoms with E-state index in [1.807, 2.05) is 6.92 Å². The number of hydrogen-bond donors (Lipinski definition) is 3. The Morgan fingerprint density at radius 1 is 1.07 bits per heavy atom. The van der Waals surface area contributed by atoms with Crippen LogP contribution >= 0.6 is 0 Å². The van der Waals surface area contributed by atoms with Gasteiger partial charge < -0.3 is 20.5 Å². The number of piperidine rings is 1. The maximum absolute atomic E-state index is 14.1.